The largest absolute Gasteiger partial charge is 0.384 e. The lowest BCUT2D eigenvalue weighted by atomic mass is 10.1. The summed E-state index contributed by atoms with van der Waals surface area (Å²) in [6.07, 6.45) is 3.52. The summed E-state index contributed by atoms with van der Waals surface area (Å²) in [6.45, 7) is 0. The van der Waals surface area contributed by atoms with Crippen molar-refractivity contribution in [2.45, 2.75) is 0 Å². The highest BCUT2D eigenvalue weighted by Crippen LogP contribution is 2.30. The summed E-state index contributed by atoms with van der Waals surface area (Å²) in [7, 11) is 0. The molecule has 5 nitrogen and oxygen atoms in total. The van der Waals surface area contributed by atoms with Crippen molar-refractivity contribution in [3.8, 4) is 11.1 Å². The van der Waals surface area contributed by atoms with Crippen LogP contribution in [0.4, 0.5) is 5.82 Å². The molecule has 0 bridgehead atoms. The van der Waals surface area contributed by atoms with Gasteiger partial charge in [-0.15, -0.1) is 0 Å². The third kappa shape index (κ3) is 1.41. The van der Waals surface area contributed by atoms with E-state index in [0.29, 0.717) is 5.82 Å². The van der Waals surface area contributed by atoms with Gasteiger partial charge in [0.25, 0.3) is 0 Å². The SMILES string of the molecule is Nc1[nH]ncc1-c1ccc2[nH]c3ncccc3c2c1. The maximum absolute atomic E-state index is 5.87. The molecular weight excluding hydrogens is 238 g/mol. The minimum absolute atomic E-state index is 0.581. The lowest BCUT2D eigenvalue weighted by molar-refractivity contribution is 1.10. The van der Waals surface area contributed by atoms with Gasteiger partial charge >= 0.3 is 0 Å². The van der Waals surface area contributed by atoms with Crippen molar-refractivity contribution < 1.29 is 0 Å². The van der Waals surface area contributed by atoms with E-state index in [1.807, 2.05) is 18.2 Å². The average molecular weight is 249 g/mol. The van der Waals surface area contributed by atoms with Gasteiger partial charge in [0.1, 0.15) is 11.5 Å². The number of nitrogens with zero attached hydrogens (tertiary/aromatic N) is 2. The van der Waals surface area contributed by atoms with Crippen LogP contribution in [0.5, 0.6) is 0 Å². The molecule has 19 heavy (non-hydrogen) atoms. The summed E-state index contributed by atoms with van der Waals surface area (Å²) < 4.78 is 0. The van der Waals surface area contributed by atoms with Crippen molar-refractivity contribution in [2.24, 2.45) is 0 Å². The third-order valence-electron chi connectivity index (χ3n) is 3.35. The van der Waals surface area contributed by atoms with E-state index in [-0.39, 0.29) is 0 Å². The van der Waals surface area contributed by atoms with Crippen LogP contribution in [0.15, 0.2) is 42.7 Å². The number of nitrogens with two attached hydrogens (primary N) is 1. The number of H-pyrrole nitrogens is 2. The Kier molecular flexibility index (Phi) is 1.91. The molecule has 0 fully saturated rings. The van der Waals surface area contributed by atoms with E-state index in [4.69, 9.17) is 5.73 Å². The highest BCUT2D eigenvalue weighted by atomic mass is 15.1. The van der Waals surface area contributed by atoms with Gasteiger partial charge < -0.3 is 10.7 Å². The van der Waals surface area contributed by atoms with E-state index in [9.17, 15) is 0 Å². The second-order valence-corrected chi connectivity index (χ2v) is 4.48. The first-order chi connectivity index (χ1) is 9.33. The fourth-order valence-electron chi connectivity index (χ4n) is 2.42. The molecule has 0 aliphatic carbocycles. The Balaban J connectivity index is 2.05. The standard InChI is InChI=1S/C14H11N5/c15-13-11(7-17-19-13)8-3-4-12-10(6-8)9-2-1-5-16-14(9)18-12/h1-7H,(H,16,18)(H3,15,17,19). The van der Waals surface area contributed by atoms with E-state index in [1.165, 1.54) is 0 Å². The summed E-state index contributed by atoms with van der Waals surface area (Å²) in [4.78, 5) is 7.63. The second kappa shape index (κ2) is 3.58. The van der Waals surface area contributed by atoms with Crippen LogP contribution < -0.4 is 5.73 Å². The second-order valence-electron chi connectivity index (χ2n) is 4.48. The van der Waals surface area contributed by atoms with Gasteiger partial charge in [-0.3, -0.25) is 5.10 Å². The lowest BCUT2D eigenvalue weighted by Gasteiger charge is -1.99. The summed E-state index contributed by atoms with van der Waals surface area (Å²) in [6, 6.07) is 10.2. The van der Waals surface area contributed by atoms with Gasteiger partial charge in [0, 0.05) is 28.0 Å². The highest BCUT2D eigenvalue weighted by Gasteiger charge is 2.09. The summed E-state index contributed by atoms with van der Waals surface area (Å²) >= 11 is 0. The molecule has 0 saturated heterocycles. The molecule has 0 radical (unpaired) electrons. The van der Waals surface area contributed by atoms with Gasteiger partial charge in [0.2, 0.25) is 0 Å². The normalized spacial score (nSPS) is 11.4. The Morgan fingerprint density at radius 3 is 2.89 bits per heavy atom. The van der Waals surface area contributed by atoms with Gasteiger partial charge in [0.15, 0.2) is 0 Å². The molecule has 0 aliphatic rings. The molecule has 0 aliphatic heterocycles. The molecule has 0 saturated carbocycles. The molecule has 1 aromatic carbocycles. The first kappa shape index (κ1) is 10.1. The number of aromatic nitrogens is 4. The Bertz CT molecular complexity index is 887. The lowest BCUT2D eigenvalue weighted by Crippen LogP contribution is -1.87. The molecule has 0 spiro atoms. The van der Waals surface area contributed by atoms with Crippen LogP contribution in [-0.2, 0) is 0 Å². The van der Waals surface area contributed by atoms with Crippen molar-refractivity contribution >= 4 is 27.8 Å². The number of nitrogens with one attached hydrogen (secondary N) is 2. The molecular formula is C14H11N5. The van der Waals surface area contributed by atoms with Crippen molar-refractivity contribution in [2.75, 3.05) is 5.73 Å². The number of hydrogen-bond acceptors (Lipinski definition) is 3. The predicted octanol–water partition coefficient (Wildman–Crippen LogP) is 2.69. The maximum Gasteiger partial charge on any atom is 0.138 e. The number of pyridine rings is 1. The van der Waals surface area contributed by atoms with Gasteiger partial charge in [-0.25, -0.2) is 4.98 Å². The minimum atomic E-state index is 0.581. The molecule has 0 atom stereocenters. The number of nitrogen functional groups attached to an aromatic ring is 1. The zero-order valence-electron chi connectivity index (χ0n) is 10.0. The topological polar surface area (TPSA) is 83.4 Å². The minimum Gasteiger partial charge on any atom is -0.384 e. The Morgan fingerprint density at radius 2 is 2.05 bits per heavy atom. The van der Waals surface area contributed by atoms with Gasteiger partial charge in [-0.2, -0.15) is 5.10 Å². The van der Waals surface area contributed by atoms with E-state index in [1.54, 1.807) is 12.4 Å². The number of anilines is 1. The molecule has 5 heteroatoms. The Morgan fingerprint density at radius 1 is 1.11 bits per heavy atom. The molecule has 4 rings (SSSR count). The number of fused-ring (bicyclic) bond motifs is 3. The molecule has 92 valence electrons. The molecule has 4 aromatic rings. The number of benzene rings is 1. The summed E-state index contributed by atoms with van der Waals surface area (Å²) in [5.41, 5.74) is 9.80. The number of aromatic amines is 2. The third-order valence-corrected chi connectivity index (χ3v) is 3.35. The zero-order chi connectivity index (χ0) is 12.8. The fourth-order valence-corrected chi connectivity index (χ4v) is 2.42. The smallest absolute Gasteiger partial charge is 0.138 e. The predicted molar refractivity (Wildman–Crippen MR) is 75.6 cm³/mol. The van der Waals surface area contributed by atoms with E-state index in [2.05, 4.69) is 32.3 Å². The Hall–Kier alpha value is -2.82. The number of rotatable bonds is 1. The number of hydrogen-bond donors (Lipinski definition) is 3. The molecule has 3 aromatic heterocycles. The first-order valence-electron chi connectivity index (χ1n) is 5.98. The molecule has 4 N–H and O–H groups in total. The maximum atomic E-state index is 5.87. The molecule has 3 heterocycles. The summed E-state index contributed by atoms with van der Waals surface area (Å²) in [5.74, 6) is 0.581. The average Bonchev–Trinajstić information content (AvgIpc) is 3.01. The first-order valence-corrected chi connectivity index (χ1v) is 5.98. The monoisotopic (exact) mass is 249 g/mol. The van der Waals surface area contributed by atoms with E-state index < -0.39 is 0 Å². The van der Waals surface area contributed by atoms with Crippen molar-refractivity contribution in [3.63, 3.8) is 0 Å². The van der Waals surface area contributed by atoms with Crippen LogP contribution in [0, 0.1) is 0 Å². The van der Waals surface area contributed by atoms with Crippen molar-refractivity contribution in [1.29, 1.82) is 0 Å². The van der Waals surface area contributed by atoms with Crippen LogP contribution >= 0.6 is 0 Å². The van der Waals surface area contributed by atoms with Crippen LogP contribution in [0.1, 0.15) is 0 Å². The van der Waals surface area contributed by atoms with Crippen LogP contribution in [0.3, 0.4) is 0 Å². The molecule has 0 amide bonds. The summed E-state index contributed by atoms with van der Waals surface area (Å²) in [5, 5.41) is 8.96. The van der Waals surface area contributed by atoms with E-state index in [0.717, 1.165) is 33.1 Å². The Labute approximate surface area is 108 Å². The quantitative estimate of drug-likeness (QED) is 0.485. The van der Waals surface area contributed by atoms with Gasteiger partial charge in [0.05, 0.1) is 6.20 Å². The molecule has 0 unspecified atom stereocenters. The van der Waals surface area contributed by atoms with E-state index >= 15 is 0 Å². The highest BCUT2D eigenvalue weighted by molar-refractivity contribution is 6.07. The van der Waals surface area contributed by atoms with Crippen LogP contribution in [0.25, 0.3) is 33.1 Å². The van der Waals surface area contributed by atoms with Crippen molar-refractivity contribution in [1.82, 2.24) is 20.2 Å². The van der Waals surface area contributed by atoms with Crippen molar-refractivity contribution in [3.05, 3.63) is 42.7 Å². The van der Waals surface area contributed by atoms with Gasteiger partial charge in [-0.1, -0.05) is 6.07 Å². The van der Waals surface area contributed by atoms with Crippen LogP contribution in [-0.4, -0.2) is 20.2 Å². The zero-order valence-corrected chi connectivity index (χ0v) is 10.0. The fraction of sp³-hybridized carbons (Fsp3) is 0. The van der Waals surface area contributed by atoms with Crippen LogP contribution in [0.2, 0.25) is 0 Å². The van der Waals surface area contributed by atoms with Gasteiger partial charge in [-0.05, 0) is 29.8 Å².